The second-order valence-electron chi connectivity index (χ2n) is 14.6. The van der Waals surface area contributed by atoms with Crippen LogP contribution in [0, 0.1) is 0 Å². The van der Waals surface area contributed by atoms with Crippen LogP contribution in [0.2, 0.25) is 0 Å². The number of hydrogen-bond donors (Lipinski definition) is 0. The fourth-order valence-electron chi connectivity index (χ4n) is 8.56. The first-order valence-corrected chi connectivity index (χ1v) is 18.2. The van der Waals surface area contributed by atoms with Gasteiger partial charge in [-0.25, -0.2) is 9.97 Å². The molecule has 4 heteroatoms. The van der Waals surface area contributed by atoms with E-state index >= 15 is 0 Å². The summed E-state index contributed by atoms with van der Waals surface area (Å²) in [6.07, 6.45) is 0. The minimum absolute atomic E-state index is 0.126. The molecular weight excluding hydrogens is 647 g/mol. The molecule has 4 nitrogen and oxygen atoms in total. The molecule has 0 saturated heterocycles. The van der Waals surface area contributed by atoms with Crippen LogP contribution < -0.4 is 0 Å². The topological polar surface area (TPSA) is 43.9 Å². The van der Waals surface area contributed by atoms with E-state index in [0.29, 0.717) is 5.95 Å². The summed E-state index contributed by atoms with van der Waals surface area (Å²) in [6.45, 7) is 4.65. The lowest BCUT2D eigenvalue weighted by Crippen LogP contribution is -2.15. The van der Waals surface area contributed by atoms with E-state index in [4.69, 9.17) is 14.4 Å². The van der Waals surface area contributed by atoms with Crippen LogP contribution in [-0.2, 0) is 5.41 Å². The van der Waals surface area contributed by atoms with Gasteiger partial charge in [0.25, 0.3) is 0 Å². The molecule has 250 valence electrons. The van der Waals surface area contributed by atoms with Crippen molar-refractivity contribution >= 4 is 43.7 Å². The predicted molar refractivity (Wildman–Crippen MR) is 218 cm³/mol. The zero-order valence-corrected chi connectivity index (χ0v) is 29.3. The Labute approximate surface area is 306 Å². The second kappa shape index (κ2) is 11.1. The van der Waals surface area contributed by atoms with Gasteiger partial charge in [0.1, 0.15) is 11.2 Å². The number of fused-ring (bicyclic) bond motifs is 9. The first kappa shape index (κ1) is 29.9. The Kier molecular flexibility index (Phi) is 6.27. The van der Waals surface area contributed by atoms with Crippen LogP contribution in [-0.4, -0.2) is 14.5 Å². The highest BCUT2D eigenvalue weighted by Gasteiger charge is 2.35. The molecule has 0 unspecified atom stereocenters. The van der Waals surface area contributed by atoms with Gasteiger partial charge in [-0.05, 0) is 69.8 Å². The van der Waals surface area contributed by atoms with Crippen molar-refractivity contribution in [3.63, 3.8) is 0 Å². The monoisotopic (exact) mass is 679 g/mol. The number of benzene rings is 7. The minimum Gasteiger partial charge on any atom is -0.456 e. The number of nitrogens with zero attached hydrogens (tertiary/aromatic N) is 3. The Morgan fingerprint density at radius 2 is 1.08 bits per heavy atom. The third-order valence-electron chi connectivity index (χ3n) is 11.3. The lowest BCUT2D eigenvalue weighted by Gasteiger charge is -2.22. The van der Waals surface area contributed by atoms with Crippen molar-refractivity contribution in [1.29, 1.82) is 0 Å². The molecular formula is C49H33N3O. The van der Waals surface area contributed by atoms with Gasteiger partial charge in [0, 0.05) is 38.1 Å². The zero-order valence-electron chi connectivity index (χ0n) is 29.3. The first-order chi connectivity index (χ1) is 26.0. The van der Waals surface area contributed by atoms with Crippen LogP contribution in [0.25, 0.3) is 94.5 Å². The first-order valence-electron chi connectivity index (χ1n) is 18.2. The van der Waals surface area contributed by atoms with Crippen molar-refractivity contribution in [2.75, 3.05) is 0 Å². The highest BCUT2D eigenvalue weighted by atomic mass is 16.3. The van der Waals surface area contributed by atoms with E-state index < -0.39 is 0 Å². The predicted octanol–water partition coefficient (Wildman–Crippen LogP) is 12.8. The van der Waals surface area contributed by atoms with E-state index in [1.54, 1.807) is 0 Å². The Bertz CT molecular complexity index is 3080. The summed E-state index contributed by atoms with van der Waals surface area (Å²) in [6, 6.07) is 58.2. The average molecular weight is 680 g/mol. The Hall–Kier alpha value is -6.78. The van der Waals surface area contributed by atoms with Gasteiger partial charge in [-0.15, -0.1) is 0 Å². The van der Waals surface area contributed by atoms with Crippen molar-refractivity contribution < 1.29 is 4.42 Å². The van der Waals surface area contributed by atoms with Crippen LogP contribution in [0.4, 0.5) is 0 Å². The quantitative estimate of drug-likeness (QED) is 0.186. The highest BCUT2D eigenvalue weighted by molar-refractivity contribution is 6.17. The molecule has 0 saturated carbocycles. The molecule has 11 rings (SSSR count). The normalized spacial score (nSPS) is 13.2. The van der Waals surface area contributed by atoms with Gasteiger partial charge in [0.05, 0.1) is 22.4 Å². The molecule has 1 aliphatic carbocycles. The fraction of sp³-hybridized carbons (Fsp3) is 0.0612. The van der Waals surface area contributed by atoms with E-state index in [9.17, 15) is 0 Å². The smallest absolute Gasteiger partial charge is 0.235 e. The van der Waals surface area contributed by atoms with Gasteiger partial charge in [-0.2, -0.15) is 0 Å². The molecule has 0 bridgehead atoms. The molecule has 0 spiro atoms. The van der Waals surface area contributed by atoms with E-state index in [2.05, 4.69) is 170 Å². The van der Waals surface area contributed by atoms with E-state index in [-0.39, 0.29) is 5.41 Å². The maximum Gasteiger partial charge on any atom is 0.235 e. The van der Waals surface area contributed by atoms with Crippen LogP contribution in [0.3, 0.4) is 0 Å². The van der Waals surface area contributed by atoms with Crippen LogP contribution >= 0.6 is 0 Å². The molecule has 0 fully saturated rings. The van der Waals surface area contributed by atoms with Gasteiger partial charge < -0.3 is 4.42 Å². The maximum absolute atomic E-state index is 6.36. The van der Waals surface area contributed by atoms with Gasteiger partial charge in [-0.1, -0.05) is 141 Å². The molecule has 53 heavy (non-hydrogen) atoms. The lowest BCUT2D eigenvalue weighted by molar-refractivity contribution is 0.660. The second-order valence-corrected chi connectivity index (χ2v) is 14.6. The molecule has 7 aromatic carbocycles. The van der Waals surface area contributed by atoms with E-state index in [0.717, 1.165) is 66.3 Å². The van der Waals surface area contributed by atoms with Crippen LogP contribution in [0.15, 0.2) is 168 Å². The van der Waals surface area contributed by atoms with Crippen molar-refractivity contribution in [2.24, 2.45) is 0 Å². The van der Waals surface area contributed by atoms with Crippen molar-refractivity contribution in [2.45, 2.75) is 19.3 Å². The highest BCUT2D eigenvalue weighted by Crippen LogP contribution is 2.49. The molecule has 0 N–H and O–H groups in total. The summed E-state index contributed by atoms with van der Waals surface area (Å²) >= 11 is 0. The molecule has 0 radical (unpaired) electrons. The lowest BCUT2D eigenvalue weighted by atomic mass is 9.82. The summed E-state index contributed by atoms with van der Waals surface area (Å²) in [5.41, 5.74) is 15.2. The third kappa shape index (κ3) is 4.49. The zero-order chi connectivity index (χ0) is 35.3. The minimum atomic E-state index is -0.126. The van der Waals surface area contributed by atoms with Crippen LogP contribution in [0.5, 0.6) is 0 Å². The summed E-state index contributed by atoms with van der Waals surface area (Å²) in [5.74, 6) is 0.631. The molecule has 3 aromatic heterocycles. The standard InChI is InChI=1S/C49H33N3O/c1-49(2)40-17-9-6-14-34(40)35-25-24-33(26-41(35)49)43-29-42(32-22-20-31(21-23-32)30-12-4-3-5-13-30)50-48(51-43)52-44-18-10-7-15-36(44)38-28-47-39(27-45(38)52)37-16-8-11-19-46(37)53-47/h3-29H,1-2H3. The number of hydrogen-bond acceptors (Lipinski definition) is 3. The number of aromatic nitrogens is 3. The summed E-state index contributed by atoms with van der Waals surface area (Å²) in [5, 5.41) is 4.40. The maximum atomic E-state index is 6.36. The number of furan rings is 1. The Balaban J connectivity index is 1.16. The third-order valence-corrected chi connectivity index (χ3v) is 11.3. The van der Waals surface area contributed by atoms with Crippen molar-refractivity contribution in [3.05, 3.63) is 175 Å². The van der Waals surface area contributed by atoms with Gasteiger partial charge >= 0.3 is 0 Å². The SMILES string of the molecule is CC1(C)c2ccccc2-c2ccc(-c3cc(-c4ccc(-c5ccccc5)cc4)nc(-n4c5ccccc5c5cc6oc7ccccc7c6cc54)n3)cc21. The van der Waals surface area contributed by atoms with Crippen LogP contribution in [0.1, 0.15) is 25.0 Å². The molecule has 0 amide bonds. The molecule has 0 atom stereocenters. The van der Waals surface area contributed by atoms with Gasteiger partial charge in [0.15, 0.2) is 0 Å². The van der Waals surface area contributed by atoms with Gasteiger partial charge in [0.2, 0.25) is 5.95 Å². The molecule has 10 aromatic rings. The summed E-state index contributed by atoms with van der Waals surface area (Å²) in [4.78, 5) is 10.8. The van der Waals surface area contributed by atoms with E-state index in [1.807, 2.05) is 12.1 Å². The van der Waals surface area contributed by atoms with Gasteiger partial charge in [-0.3, -0.25) is 4.57 Å². The Morgan fingerprint density at radius 3 is 1.92 bits per heavy atom. The Morgan fingerprint density at radius 1 is 0.434 bits per heavy atom. The molecule has 0 aliphatic heterocycles. The average Bonchev–Trinajstić information content (AvgIpc) is 3.82. The summed E-state index contributed by atoms with van der Waals surface area (Å²) < 4.78 is 8.58. The van der Waals surface area contributed by atoms with E-state index in [1.165, 1.54) is 33.4 Å². The fourth-order valence-corrected chi connectivity index (χ4v) is 8.56. The van der Waals surface area contributed by atoms with Crippen molar-refractivity contribution in [3.8, 4) is 50.7 Å². The number of rotatable bonds is 4. The van der Waals surface area contributed by atoms with Crippen molar-refractivity contribution in [1.82, 2.24) is 14.5 Å². The number of para-hydroxylation sites is 2. The molecule has 3 heterocycles. The molecule has 1 aliphatic rings. The summed E-state index contributed by atoms with van der Waals surface area (Å²) in [7, 11) is 0. The largest absolute Gasteiger partial charge is 0.456 e.